The van der Waals surface area contributed by atoms with Crippen LogP contribution in [0.1, 0.15) is 23.6 Å². The number of alkyl halides is 3. The van der Waals surface area contributed by atoms with Gasteiger partial charge in [0.25, 0.3) is 0 Å². The van der Waals surface area contributed by atoms with Crippen LogP contribution in [0.25, 0.3) is 0 Å². The first kappa shape index (κ1) is 17.9. The summed E-state index contributed by atoms with van der Waals surface area (Å²) in [4.78, 5) is 0. The Labute approximate surface area is 121 Å². The van der Waals surface area contributed by atoms with Crippen LogP contribution in [-0.2, 0) is 15.7 Å². The monoisotopic (exact) mass is 309 g/mol. The lowest BCUT2D eigenvalue weighted by atomic mass is 10.0. The maximum Gasteiger partial charge on any atom is 0.419 e. The molecule has 0 saturated heterocycles. The molecule has 1 unspecified atom stereocenters. The third-order valence-electron chi connectivity index (χ3n) is 3.03. The molecule has 0 aromatic heterocycles. The Balaban J connectivity index is 2.67. The minimum atomic E-state index is -4.68. The third-order valence-corrected chi connectivity index (χ3v) is 3.03. The van der Waals surface area contributed by atoms with E-state index in [-0.39, 0.29) is 6.04 Å². The fourth-order valence-electron chi connectivity index (χ4n) is 1.90. The molecule has 1 N–H and O–H groups in total. The van der Waals surface area contributed by atoms with E-state index in [0.29, 0.717) is 31.8 Å². The number of halogens is 4. The highest BCUT2D eigenvalue weighted by Crippen LogP contribution is 2.32. The molecule has 0 saturated carbocycles. The van der Waals surface area contributed by atoms with Crippen molar-refractivity contribution in [3.05, 3.63) is 35.1 Å². The molecule has 120 valence electrons. The van der Waals surface area contributed by atoms with Crippen molar-refractivity contribution >= 4 is 0 Å². The molecule has 3 nitrogen and oxygen atoms in total. The van der Waals surface area contributed by atoms with Crippen molar-refractivity contribution in [3.63, 3.8) is 0 Å². The van der Waals surface area contributed by atoms with E-state index in [1.807, 2.05) is 0 Å². The van der Waals surface area contributed by atoms with Crippen LogP contribution in [0.2, 0.25) is 0 Å². The lowest BCUT2D eigenvalue weighted by Gasteiger charge is -2.18. The summed E-state index contributed by atoms with van der Waals surface area (Å²) in [5, 5.41) is 2.94. The molecule has 21 heavy (non-hydrogen) atoms. The van der Waals surface area contributed by atoms with Crippen molar-refractivity contribution < 1.29 is 27.0 Å². The second-order valence-electron chi connectivity index (χ2n) is 4.47. The Kier molecular flexibility index (Phi) is 7.07. The van der Waals surface area contributed by atoms with Crippen LogP contribution in [0.15, 0.2) is 18.2 Å². The zero-order valence-corrected chi connectivity index (χ0v) is 12.0. The lowest BCUT2D eigenvalue weighted by Crippen LogP contribution is -2.19. The Morgan fingerprint density at radius 1 is 1.19 bits per heavy atom. The molecule has 0 aliphatic rings. The normalized spacial score (nSPS) is 13.4. The number of rotatable bonds is 8. The summed E-state index contributed by atoms with van der Waals surface area (Å²) < 4.78 is 61.1. The standard InChI is InChI=1S/C14H19F4NO2/c1-19-13(5-6-21-8-7-20-2)10-3-4-11(12(15)9-10)14(16,17)18/h3-4,9,13,19H,5-8H2,1-2H3. The number of nitrogens with one attached hydrogen (secondary N) is 1. The molecule has 0 amide bonds. The molecule has 1 aromatic rings. The fraction of sp³-hybridized carbons (Fsp3) is 0.571. The molecular formula is C14H19F4NO2. The van der Waals surface area contributed by atoms with Gasteiger partial charge in [0.05, 0.1) is 18.8 Å². The van der Waals surface area contributed by atoms with E-state index in [9.17, 15) is 17.6 Å². The summed E-state index contributed by atoms with van der Waals surface area (Å²) >= 11 is 0. The quantitative estimate of drug-likeness (QED) is 0.591. The van der Waals surface area contributed by atoms with Gasteiger partial charge in [0, 0.05) is 19.8 Å². The van der Waals surface area contributed by atoms with Crippen LogP contribution in [0.5, 0.6) is 0 Å². The zero-order chi connectivity index (χ0) is 15.9. The Morgan fingerprint density at radius 3 is 2.43 bits per heavy atom. The van der Waals surface area contributed by atoms with E-state index in [4.69, 9.17) is 9.47 Å². The molecule has 0 bridgehead atoms. The summed E-state index contributed by atoms with van der Waals surface area (Å²) in [6.45, 7) is 1.31. The molecule has 0 heterocycles. The SMILES string of the molecule is CNC(CCOCCOC)c1ccc(C(F)(F)F)c(F)c1. The number of methoxy groups -OCH3 is 1. The van der Waals surface area contributed by atoms with E-state index in [0.717, 1.165) is 12.1 Å². The van der Waals surface area contributed by atoms with Crippen LogP contribution in [-0.4, -0.2) is 34.0 Å². The van der Waals surface area contributed by atoms with Crippen LogP contribution in [0, 0.1) is 5.82 Å². The minimum Gasteiger partial charge on any atom is -0.382 e. The van der Waals surface area contributed by atoms with Crippen LogP contribution >= 0.6 is 0 Å². The van der Waals surface area contributed by atoms with Crippen molar-refractivity contribution in [3.8, 4) is 0 Å². The van der Waals surface area contributed by atoms with E-state index >= 15 is 0 Å². The molecule has 7 heteroatoms. The number of hydrogen-bond acceptors (Lipinski definition) is 3. The number of ether oxygens (including phenoxy) is 2. The van der Waals surface area contributed by atoms with Crippen LogP contribution in [0.3, 0.4) is 0 Å². The molecule has 0 aliphatic carbocycles. The first-order valence-corrected chi connectivity index (χ1v) is 6.50. The van der Waals surface area contributed by atoms with Gasteiger partial charge in [-0.3, -0.25) is 0 Å². The predicted molar refractivity (Wildman–Crippen MR) is 70.5 cm³/mol. The summed E-state index contributed by atoms with van der Waals surface area (Å²) in [6.07, 6.45) is -4.16. The Morgan fingerprint density at radius 2 is 1.90 bits per heavy atom. The predicted octanol–water partition coefficient (Wildman–Crippen LogP) is 3.16. The average molecular weight is 309 g/mol. The highest BCUT2D eigenvalue weighted by atomic mass is 19.4. The third kappa shape index (κ3) is 5.61. The number of benzene rings is 1. The van der Waals surface area contributed by atoms with Gasteiger partial charge in [-0.15, -0.1) is 0 Å². The van der Waals surface area contributed by atoms with Gasteiger partial charge in [0.2, 0.25) is 0 Å². The fourth-order valence-corrected chi connectivity index (χ4v) is 1.90. The van der Waals surface area contributed by atoms with Crippen molar-refractivity contribution in [1.82, 2.24) is 5.32 Å². The van der Waals surface area contributed by atoms with Gasteiger partial charge in [-0.1, -0.05) is 6.07 Å². The first-order valence-electron chi connectivity index (χ1n) is 6.50. The Hall–Kier alpha value is -1.18. The van der Waals surface area contributed by atoms with E-state index in [1.165, 1.54) is 6.07 Å². The summed E-state index contributed by atoms with van der Waals surface area (Å²) in [6, 6.07) is 2.69. The van der Waals surface area contributed by atoms with Gasteiger partial charge in [-0.25, -0.2) is 4.39 Å². The van der Waals surface area contributed by atoms with Crippen molar-refractivity contribution in [2.24, 2.45) is 0 Å². The minimum absolute atomic E-state index is 0.274. The van der Waals surface area contributed by atoms with Crippen molar-refractivity contribution in [1.29, 1.82) is 0 Å². The second-order valence-corrected chi connectivity index (χ2v) is 4.47. The maximum atomic E-state index is 13.5. The van der Waals surface area contributed by atoms with Crippen molar-refractivity contribution in [2.45, 2.75) is 18.6 Å². The molecule has 1 rings (SSSR count). The average Bonchev–Trinajstić information content (AvgIpc) is 2.41. The summed E-state index contributed by atoms with van der Waals surface area (Å²) in [5.41, 5.74) is -0.796. The van der Waals surface area contributed by atoms with Gasteiger partial charge in [0.15, 0.2) is 0 Å². The highest BCUT2D eigenvalue weighted by Gasteiger charge is 2.34. The van der Waals surface area contributed by atoms with Crippen LogP contribution < -0.4 is 5.32 Å². The molecular weight excluding hydrogens is 290 g/mol. The largest absolute Gasteiger partial charge is 0.419 e. The Bertz CT molecular complexity index is 437. The second kappa shape index (κ2) is 8.31. The molecule has 0 radical (unpaired) electrons. The molecule has 0 aliphatic heterocycles. The first-order chi connectivity index (χ1) is 9.90. The van der Waals surface area contributed by atoms with Crippen LogP contribution in [0.4, 0.5) is 17.6 Å². The van der Waals surface area contributed by atoms with Crippen molar-refractivity contribution in [2.75, 3.05) is 34.0 Å². The number of hydrogen-bond donors (Lipinski definition) is 1. The summed E-state index contributed by atoms with van der Waals surface area (Å²) in [5.74, 6) is -1.26. The highest BCUT2D eigenvalue weighted by molar-refractivity contribution is 5.28. The van der Waals surface area contributed by atoms with E-state index < -0.39 is 17.6 Å². The molecule has 0 fully saturated rings. The lowest BCUT2D eigenvalue weighted by molar-refractivity contribution is -0.140. The molecule has 1 atom stereocenters. The smallest absolute Gasteiger partial charge is 0.382 e. The van der Waals surface area contributed by atoms with Gasteiger partial charge in [-0.05, 0) is 31.2 Å². The van der Waals surface area contributed by atoms with E-state index in [2.05, 4.69) is 5.32 Å². The maximum absolute atomic E-state index is 13.5. The summed E-state index contributed by atoms with van der Waals surface area (Å²) in [7, 11) is 3.22. The van der Waals surface area contributed by atoms with Gasteiger partial charge < -0.3 is 14.8 Å². The topological polar surface area (TPSA) is 30.5 Å². The van der Waals surface area contributed by atoms with E-state index in [1.54, 1.807) is 14.2 Å². The zero-order valence-electron chi connectivity index (χ0n) is 12.0. The van der Waals surface area contributed by atoms with Gasteiger partial charge in [-0.2, -0.15) is 13.2 Å². The molecule has 1 aromatic carbocycles. The van der Waals surface area contributed by atoms with Gasteiger partial charge >= 0.3 is 6.18 Å². The van der Waals surface area contributed by atoms with Gasteiger partial charge in [0.1, 0.15) is 5.82 Å². The molecule has 0 spiro atoms.